The van der Waals surface area contributed by atoms with Crippen molar-refractivity contribution in [1.29, 1.82) is 0 Å². The zero-order chi connectivity index (χ0) is 12.8. The van der Waals surface area contributed by atoms with Crippen LogP contribution in [-0.2, 0) is 0 Å². The Morgan fingerprint density at radius 2 is 2.29 bits per heavy atom. The van der Waals surface area contributed by atoms with Gasteiger partial charge in [-0.15, -0.1) is 0 Å². The van der Waals surface area contributed by atoms with Crippen LogP contribution in [0.25, 0.3) is 0 Å². The third kappa shape index (κ3) is 4.23. The van der Waals surface area contributed by atoms with Crippen molar-refractivity contribution in [3.8, 4) is 0 Å². The first kappa shape index (κ1) is 13.2. The smallest absolute Gasteiger partial charge is 0.276 e. The highest BCUT2D eigenvalue weighted by Crippen LogP contribution is 2.18. The lowest BCUT2D eigenvalue weighted by molar-refractivity contribution is -0.384. The number of nitro groups is 1. The van der Waals surface area contributed by atoms with Crippen molar-refractivity contribution in [1.82, 2.24) is 9.88 Å². The van der Waals surface area contributed by atoms with Gasteiger partial charge in [0.15, 0.2) is 0 Å². The van der Waals surface area contributed by atoms with Crippen LogP contribution in [0, 0.1) is 10.1 Å². The van der Waals surface area contributed by atoms with Crippen molar-refractivity contribution in [3.63, 3.8) is 0 Å². The number of anilines is 2. The van der Waals surface area contributed by atoms with Crippen molar-refractivity contribution >= 4 is 17.3 Å². The van der Waals surface area contributed by atoms with Crippen LogP contribution in [0.5, 0.6) is 0 Å². The summed E-state index contributed by atoms with van der Waals surface area (Å²) in [6.07, 6.45) is 0. The topological polar surface area (TPSA) is 97.3 Å². The predicted octanol–water partition coefficient (Wildman–Crippen LogP) is 0.936. The van der Waals surface area contributed by atoms with Crippen LogP contribution < -0.4 is 11.1 Å². The van der Waals surface area contributed by atoms with Gasteiger partial charge >= 0.3 is 0 Å². The Kier molecular flexibility index (Phi) is 4.65. The fourth-order valence-corrected chi connectivity index (χ4v) is 1.27. The van der Waals surface area contributed by atoms with Crippen molar-refractivity contribution < 1.29 is 4.92 Å². The standard InChI is InChI=1S/C10H17N5O2/c1-3-14(2)5-4-12-10-7-8(15(16)17)6-9(11)13-10/h6-7H,3-5H2,1-2H3,(H3,11,12,13). The van der Waals surface area contributed by atoms with Gasteiger partial charge in [0.1, 0.15) is 11.6 Å². The van der Waals surface area contributed by atoms with Gasteiger partial charge in [-0.05, 0) is 13.6 Å². The summed E-state index contributed by atoms with van der Waals surface area (Å²) < 4.78 is 0. The van der Waals surface area contributed by atoms with Gasteiger partial charge in [0.25, 0.3) is 5.69 Å². The maximum Gasteiger partial charge on any atom is 0.276 e. The molecule has 1 aromatic rings. The molecule has 0 saturated carbocycles. The minimum Gasteiger partial charge on any atom is -0.383 e. The highest BCUT2D eigenvalue weighted by Gasteiger charge is 2.09. The number of nitrogens with zero attached hydrogens (tertiary/aromatic N) is 3. The molecule has 1 heterocycles. The average Bonchev–Trinajstić information content (AvgIpc) is 2.28. The molecule has 7 nitrogen and oxygen atoms in total. The van der Waals surface area contributed by atoms with Gasteiger partial charge in [-0.1, -0.05) is 6.92 Å². The number of nitrogen functional groups attached to an aromatic ring is 1. The van der Waals surface area contributed by atoms with Gasteiger partial charge < -0.3 is 16.0 Å². The molecule has 0 aliphatic carbocycles. The van der Waals surface area contributed by atoms with Crippen LogP contribution in [0.2, 0.25) is 0 Å². The molecule has 3 N–H and O–H groups in total. The van der Waals surface area contributed by atoms with Gasteiger partial charge in [-0.3, -0.25) is 10.1 Å². The number of nitrogens with two attached hydrogens (primary N) is 1. The number of pyridine rings is 1. The fraction of sp³-hybridized carbons (Fsp3) is 0.500. The monoisotopic (exact) mass is 239 g/mol. The largest absolute Gasteiger partial charge is 0.383 e. The number of aromatic nitrogens is 1. The summed E-state index contributed by atoms with van der Waals surface area (Å²) in [6.45, 7) is 4.51. The second-order valence-electron chi connectivity index (χ2n) is 3.72. The van der Waals surface area contributed by atoms with Gasteiger partial charge in [0.2, 0.25) is 0 Å². The molecular formula is C10H17N5O2. The van der Waals surface area contributed by atoms with Crippen LogP contribution in [-0.4, -0.2) is 41.5 Å². The van der Waals surface area contributed by atoms with E-state index >= 15 is 0 Å². The van der Waals surface area contributed by atoms with E-state index < -0.39 is 4.92 Å². The molecule has 0 saturated heterocycles. The maximum atomic E-state index is 10.6. The molecule has 0 unspecified atom stereocenters. The number of rotatable bonds is 6. The van der Waals surface area contributed by atoms with Crippen LogP contribution in [0.4, 0.5) is 17.3 Å². The number of nitrogens with one attached hydrogen (secondary N) is 1. The number of hydrogen-bond donors (Lipinski definition) is 2. The van der Waals surface area contributed by atoms with Crippen LogP contribution in [0.15, 0.2) is 12.1 Å². The summed E-state index contributed by atoms with van der Waals surface area (Å²) in [5, 5.41) is 13.6. The second-order valence-corrected chi connectivity index (χ2v) is 3.72. The molecule has 0 fully saturated rings. The van der Waals surface area contributed by atoms with Crippen LogP contribution in [0.1, 0.15) is 6.92 Å². The lowest BCUT2D eigenvalue weighted by Gasteiger charge is -2.14. The minimum absolute atomic E-state index is 0.0520. The first-order chi connectivity index (χ1) is 8.02. The van der Waals surface area contributed by atoms with Gasteiger partial charge in [-0.2, -0.15) is 0 Å². The number of likely N-dealkylation sites (N-methyl/N-ethyl adjacent to an activating group) is 1. The van der Waals surface area contributed by atoms with E-state index in [-0.39, 0.29) is 11.5 Å². The summed E-state index contributed by atoms with van der Waals surface area (Å²) >= 11 is 0. The van der Waals surface area contributed by atoms with E-state index in [2.05, 4.69) is 22.1 Å². The molecular weight excluding hydrogens is 222 g/mol. The van der Waals surface area contributed by atoms with E-state index in [4.69, 9.17) is 5.73 Å². The SMILES string of the molecule is CCN(C)CCNc1cc([N+](=O)[O-])cc(N)n1. The third-order valence-electron chi connectivity index (χ3n) is 2.38. The van der Waals surface area contributed by atoms with E-state index in [1.165, 1.54) is 12.1 Å². The highest BCUT2D eigenvalue weighted by atomic mass is 16.6. The highest BCUT2D eigenvalue weighted by molar-refractivity contribution is 5.52. The summed E-state index contributed by atoms with van der Waals surface area (Å²) in [7, 11) is 2.00. The Labute approximate surface area is 99.8 Å². The molecule has 0 amide bonds. The molecule has 0 spiro atoms. The third-order valence-corrected chi connectivity index (χ3v) is 2.38. The van der Waals surface area contributed by atoms with Crippen LogP contribution in [0.3, 0.4) is 0 Å². The summed E-state index contributed by atoms with van der Waals surface area (Å²) in [5.74, 6) is 0.576. The van der Waals surface area contributed by atoms with E-state index in [1.54, 1.807) is 0 Å². The Balaban J connectivity index is 2.62. The minimum atomic E-state index is -0.485. The van der Waals surface area contributed by atoms with Crippen molar-refractivity contribution in [2.24, 2.45) is 0 Å². The fourth-order valence-electron chi connectivity index (χ4n) is 1.27. The summed E-state index contributed by atoms with van der Waals surface area (Å²) in [6, 6.07) is 2.62. The molecule has 0 aliphatic rings. The molecule has 17 heavy (non-hydrogen) atoms. The van der Waals surface area contributed by atoms with Crippen molar-refractivity contribution in [2.75, 3.05) is 37.7 Å². The van der Waals surface area contributed by atoms with Gasteiger partial charge in [0, 0.05) is 13.1 Å². The molecule has 0 aliphatic heterocycles. The first-order valence-corrected chi connectivity index (χ1v) is 5.37. The lowest BCUT2D eigenvalue weighted by atomic mass is 10.3. The van der Waals surface area contributed by atoms with Crippen molar-refractivity contribution in [2.45, 2.75) is 6.92 Å². The zero-order valence-electron chi connectivity index (χ0n) is 10.0. The first-order valence-electron chi connectivity index (χ1n) is 5.37. The van der Waals surface area contributed by atoms with E-state index in [9.17, 15) is 10.1 Å². The van der Waals surface area contributed by atoms with Crippen LogP contribution >= 0.6 is 0 Å². The molecule has 1 rings (SSSR count). The molecule has 7 heteroatoms. The summed E-state index contributed by atoms with van der Waals surface area (Å²) in [5.41, 5.74) is 5.44. The summed E-state index contributed by atoms with van der Waals surface area (Å²) in [4.78, 5) is 16.2. The molecule has 1 aromatic heterocycles. The zero-order valence-corrected chi connectivity index (χ0v) is 10.0. The normalized spacial score (nSPS) is 10.5. The van der Waals surface area contributed by atoms with Gasteiger partial charge in [-0.25, -0.2) is 4.98 Å². The Morgan fingerprint density at radius 3 is 2.88 bits per heavy atom. The predicted molar refractivity (Wildman–Crippen MR) is 67.0 cm³/mol. The second kappa shape index (κ2) is 6.00. The van der Waals surface area contributed by atoms with E-state index in [0.717, 1.165) is 13.1 Å². The quantitative estimate of drug-likeness (QED) is 0.566. The Bertz CT molecular complexity index is 396. The van der Waals surface area contributed by atoms with Gasteiger partial charge in [0.05, 0.1) is 17.1 Å². The molecule has 0 bridgehead atoms. The Hall–Kier alpha value is -1.89. The maximum absolute atomic E-state index is 10.6. The average molecular weight is 239 g/mol. The Morgan fingerprint density at radius 1 is 1.59 bits per heavy atom. The molecule has 0 atom stereocenters. The molecule has 0 radical (unpaired) electrons. The van der Waals surface area contributed by atoms with E-state index in [1.807, 2.05) is 7.05 Å². The molecule has 94 valence electrons. The van der Waals surface area contributed by atoms with Crippen molar-refractivity contribution in [3.05, 3.63) is 22.2 Å². The molecule has 0 aromatic carbocycles. The van der Waals surface area contributed by atoms with E-state index in [0.29, 0.717) is 12.4 Å². The number of hydrogen-bond acceptors (Lipinski definition) is 6. The lowest BCUT2D eigenvalue weighted by Crippen LogP contribution is -2.25.